The Morgan fingerprint density at radius 2 is 2.30 bits per heavy atom. The van der Waals surface area contributed by atoms with E-state index < -0.39 is 0 Å². The average Bonchev–Trinajstić information content (AvgIpc) is 3.07. The summed E-state index contributed by atoms with van der Waals surface area (Å²) in [6, 6.07) is 4.36. The van der Waals surface area contributed by atoms with Gasteiger partial charge in [-0.15, -0.1) is 0 Å². The Morgan fingerprint density at radius 3 is 3.09 bits per heavy atom. The zero-order valence-corrected chi connectivity index (χ0v) is 14.1. The fourth-order valence-corrected chi connectivity index (χ4v) is 3.92. The van der Waals surface area contributed by atoms with Crippen LogP contribution in [-0.4, -0.2) is 47.9 Å². The number of hydrogen-bond donors (Lipinski definition) is 0. The van der Waals surface area contributed by atoms with Crippen LogP contribution in [0.4, 0.5) is 0 Å². The number of unbranched alkanes of at least 4 members (excludes halogenated alkanes) is 1. The monoisotopic (exact) mass is 316 g/mol. The van der Waals surface area contributed by atoms with Crippen LogP contribution in [0.25, 0.3) is 6.08 Å². The third-order valence-electron chi connectivity index (χ3n) is 5.17. The molecule has 2 aliphatic rings. The minimum Gasteiger partial charge on any atom is -0.465 e. The quantitative estimate of drug-likeness (QED) is 0.807. The molecule has 0 saturated carbocycles. The fourth-order valence-electron chi connectivity index (χ4n) is 3.92. The first kappa shape index (κ1) is 16.3. The Kier molecular flexibility index (Phi) is 5.55. The van der Waals surface area contributed by atoms with Gasteiger partial charge >= 0.3 is 0 Å². The predicted octanol–water partition coefficient (Wildman–Crippen LogP) is 3.41. The van der Waals surface area contributed by atoms with Crippen molar-refractivity contribution in [3.63, 3.8) is 0 Å². The van der Waals surface area contributed by atoms with Crippen LogP contribution in [0.3, 0.4) is 0 Å². The highest BCUT2D eigenvalue weighted by atomic mass is 16.3. The lowest BCUT2D eigenvalue weighted by Gasteiger charge is -2.47. The van der Waals surface area contributed by atoms with Crippen LogP contribution in [0.1, 0.15) is 44.8 Å². The molecule has 0 N–H and O–H groups in total. The van der Waals surface area contributed by atoms with Gasteiger partial charge in [0.2, 0.25) is 5.91 Å². The van der Waals surface area contributed by atoms with Gasteiger partial charge in [-0.25, -0.2) is 0 Å². The molecule has 0 aliphatic carbocycles. The van der Waals surface area contributed by atoms with Crippen LogP contribution < -0.4 is 0 Å². The number of fused-ring (bicyclic) bond motifs is 1. The fraction of sp³-hybridized carbons (Fsp3) is 0.632. The van der Waals surface area contributed by atoms with E-state index >= 15 is 0 Å². The van der Waals surface area contributed by atoms with Crippen molar-refractivity contribution < 1.29 is 9.21 Å². The highest BCUT2D eigenvalue weighted by Gasteiger charge is 2.38. The summed E-state index contributed by atoms with van der Waals surface area (Å²) in [5, 5.41) is 0. The number of hydrogen-bond acceptors (Lipinski definition) is 3. The van der Waals surface area contributed by atoms with Gasteiger partial charge in [0.25, 0.3) is 0 Å². The molecule has 0 unspecified atom stereocenters. The maximum atomic E-state index is 12.2. The SMILES string of the molecule is CCCCN1C(=O)CC[C@H]2CN(C/C=C/c3ccco3)CC[C@H]21. The van der Waals surface area contributed by atoms with Crippen LogP contribution in [-0.2, 0) is 4.79 Å². The maximum absolute atomic E-state index is 12.2. The molecule has 4 heteroatoms. The first-order valence-corrected chi connectivity index (χ1v) is 9.00. The highest BCUT2D eigenvalue weighted by Crippen LogP contribution is 2.31. The molecule has 0 radical (unpaired) electrons. The third-order valence-corrected chi connectivity index (χ3v) is 5.17. The number of rotatable bonds is 6. The molecule has 4 nitrogen and oxygen atoms in total. The molecule has 0 aromatic carbocycles. The van der Waals surface area contributed by atoms with Crippen molar-refractivity contribution in [3.05, 3.63) is 30.2 Å². The Balaban J connectivity index is 1.53. The van der Waals surface area contributed by atoms with Crippen LogP contribution in [0.2, 0.25) is 0 Å². The van der Waals surface area contributed by atoms with Crippen molar-refractivity contribution in [2.45, 2.75) is 45.1 Å². The van der Waals surface area contributed by atoms with Gasteiger partial charge in [0, 0.05) is 38.6 Å². The van der Waals surface area contributed by atoms with Crippen molar-refractivity contribution in [2.75, 3.05) is 26.2 Å². The summed E-state index contributed by atoms with van der Waals surface area (Å²) in [7, 11) is 0. The van der Waals surface area contributed by atoms with Crippen molar-refractivity contribution in [2.24, 2.45) is 5.92 Å². The molecule has 2 aliphatic heterocycles. The molecule has 1 amide bonds. The average molecular weight is 316 g/mol. The van der Waals surface area contributed by atoms with Crippen molar-refractivity contribution in [3.8, 4) is 0 Å². The number of carbonyl (C=O) groups excluding carboxylic acids is 1. The Bertz CT molecular complexity index is 523. The van der Waals surface area contributed by atoms with E-state index in [9.17, 15) is 4.79 Å². The van der Waals surface area contributed by atoms with Gasteiger partial charge in [-0.2, -0.15) is 0 Å². The molecule has 2 atom stereocenters. The van der Waals surface area contributed by atoms with Crippen molar-refractivity contribution in [1.29, 1.82) is 0 Å². The zero-order chi connectivity index (χ0) is 16.1. The standard InChI is InChI=1S/C19H28N2O2/c1-2-3-12-21-18-10-13-20(15-16(18)8-9-19(21)22)11-4-6-17-7-5-14-23-17/h4-7,14,16,18H,2-3,8-13,15H2,1H3/b6-4+/t16-,18+/m0/s1. The largest absolute Gasteiger partial charge is 0.465 e. The lowest BCUT2D eigenvalue weighted by atomic mass is 9.83. The Hall–Kier alpha value is -1.55. The van der Waals surface area contributed by atoms with E-state index in [0.717, 1.165) is 64.0 Å². The van der Waals surface area contributed by atoms with Gasteiger partial charge in [0.15, 0.2) is 0 Å². The van der Waals surface area contributed by atoms with E-state index in [0.29, 0.717) is 17.9 Å². The van der Waals surface area contributed by atoms with Gasteiger partial charge in [-0.3, -0.25) is 9.69 Å². The van der Waals surface area contributed by atoms with E-state index in [1.165, 1.54) is 0 Å². The molecule has 2 saturated heterocycles. The van der Waals surface area contributed by atoms with E-state index in [1.807, 2.05) is 18.2 Å². The van der Waals surface area contributed by atoms with E-state index in [-0.39, 0.29) is 0 Å². The molecule has 1 aromatic rings. The number of nitrogens with zero attached hydrogens (tertiary/aromatic N) is 2. The summed E-state index contributed by atoms with van der Waals surface area (Å²) in [6.07, 6.45) is 11.1. The molecule has 23 heavy (non-hydrogen) atoms. The van der Waals surface area contributed by atoms with Crippen LogP contribution in [0.15, 0.2) is 28.9 Å². The molecule has 2 fully saturated rings. The Labute approximate surface area is 139 Å². The summed E-state index contributed by atoms with van der Waals surface area (Å²) < 4.78 is 5.32. The van der Waals surface area contributed by atoms with Crippen LogP contribution >= 0.6 is 0 Å². The molecular weight excluding hydrogens is 288 g/mol. The highest BCUT2D eigenvalue weighted by molar-refractivity contribution is 5.77. The van der Waals surface area contributed by atoms with Gasteiger partial charge in [0.1, 0.15) is 5.76 Å². The van der Waals surface area contributed by atoms with Gasteiger partial charge < -0.3 is 9.32 Å². The van der Waals surface area contributed by atoms with Crippen LogP contribution in [0.5, 0.6) is 0 Å². The third kappa shape index (κ3) is 4.05. The minimum absolute atomic E-state index is 0.380. The predicted molar refractivity (Wildman–Crippen MR) is 91.9 cm³/mol. The van der Waals surface area contributed by atoms with E-state index in [4.69, 9.17) is 4.42 Å². The summed E-state index contributed by atoms with van der Waals surface area (Å²) in [5.74, 6) is 1.94. The number of piperidine rings is 2. The summed E-state index contributed by atoms with van der Waals surface area (Å²) in [4.78, 5) is 16.9. The maximum Gasteiger partial charge on any atom is 0.222 e. The topological polar surface area (TPSA) is 36.7 Å². The second kappa shape index (κ2) is 7.82. The first-order valence-electron chi connectivity index (χ1n) is 9.00. The van der Waals surface area contributed by atoms with Crippen molar-refractivity contribution >= 4 is 12.0 Å². The minimum atomic E-state index is 0.380. The molecule has 0 spiro atoms. The van der Waals surface area contributed by atoms with Gasteiger partial charge in [-0.1, -0.05) is 19.4 Å². The zero-order valence-electron chi connectivity index (χ0n) is 14.1. The van der Waals surface area contributed by atoms with Gasteiger partial charge in [0.05, 0.1) is 6.26 Å². The van der Waals surface area contributed by atoms with Gasteiger partial charge in [-0.05, 0) is 43.4 Å². The van der Waals surface area contributed by atoms with Crippen LogP contribution in [0, 0.1) is 5.92 Å². The smallest absolute Gasteiger partial charge is 0.222 e. The number of furan rings is 1. The number of carbonyl (C=O) groups is 1. The molecule has 0 bridgehead atoms. The summed E-state index contributed by atoms with van der Waals surface area (Å²) in [5.41, 5.74) is 0. The summed E-state index contributed by atoms with van der Waals surface area (Å²) >= 11 is 0. The first-order chi connectivity index (χ1) is 11.3. The second-order valence-corrected chi connectivity index (χ2v) is 6.77. The Morgan fingerprint density at radius 1 is 1.39 bits per heavy atom. The lowest BCUT2D eigenvalue weighted by molar-refractivity contribution is -0.141. The summed E-state index contributed by atoms with van der Waals surface area (Å²) in [6.45, 7) is 6.31. The van der Waals surface area contributed by atoms with E-state index in [2.05, 4.69) is 22.8 Å². The van der Waals surface area contributed by atoms with Crippen molar-refractivity contribution in [1.82, 2.24) is 9.80 Å². The lowest BCUT2D eigenvalue weighted by Crippen LogP contribution is -2.56. The molecule has 1 aromatic heterocycles. The second-order valence-electron chi connectivity index (χ2n) is 6.77. The molecule has 3 heterocycles. The number of amides is 1. The molecule has 3 rings (SSSR count). The molecule has 126 valence electrons. The van der Waals surface area contributed by atoms with E-state index in [1.54, 1.807) is 6.26 Å². The number of likely N-dealkylation sites (tertiary alicyclic amines) is 2. The normalized spacial score (nSPS) is 26.0. The molecular formula is C19H28N2O2.